The Balaban J connectivity index is 3.98. The van der Waals surface area contributed by atoms with Crippen LogP contribution in [-0.4, -0.2) is 46.0 Å². The first-order chi connectivity index (χ1) is 6.47. The van der Waals surface area contributed by atoms with Crippen molar-refractivity contribution < 1.29 is 14.7 Å². The molecule has 0 aliphatic rings. The van der Waals surface area contributed by atoms with Gasteiger partial charge in [0.15, 0.2) is 0 Å². The normalized spacial score (nSPS) is 10.3. The minimum atomic E-state index is -0.963. The Labute approximate surface area is 88.7 Å². The maximum atomic E-state index is 11.5. The van der Waals surface area contributed by atoms with Crippen molar-refractivity contribution in [2.75, 3.05) is 18.8 Å². The molecule has 0 aliphatic heterocycles. The Morgan fingerprint density at radius 2 is 2.00 bits per heavy atom. The minimum Gasteiger partial charge on any atom is -0.480 e. The highest BCUT2D eigenvalue weighted by atomic mass is 32.2. The van der Waals surface area contributed by atoms with E-state index < -0.39 is 5.97 Å². The van der Waals surface area contributed by atoms with E-state index in [4.69, 9.17) is 5.11 Å². The number of nitrogens with zero attached hydrogens (tertiary/aromatic N) is 1. The number of carbonyl (C=O) groups is 2. The molecule has 0 bridgehead atoms. The van der Waals surface area contributed by atoms with Crippen molar-refractivity contribution >= 4 is 23.6 Å². The molecule has 0 aromatic carbocycles. The molecule has 0 aromatic rings. The molecule has 82 valence electrons. The summed E-state index contributed by atoms with van der Waals surface area (Å²) in [6, 6.07) is 0. The molecule has 0 fully saturated rings. The third-order valence-corrected chi connectivity index (χ3v) is 2.68. The van der Waals surface area contributed by atoms with Gasteiger partial charge in [-0.2, -0.15) is 0 Å². The molecule has 1 N–H and O–H groups in total. The average Bonchev–Trinajstić information content (AvgIpc) is 2.09. The fourth-order valence-corrected chi connectivity index (χ4v) is 1.53. The van der Waals surface area contributed by atoms with E-state index in [0.717, 1.165) is 0 Å². The van der Waals surface area contributed by atoms with Gasteiger partial charge in [0.1, 0.15) is 6.54 Å². The molecule has 0 saturated heterocycles. The molecule has 0 rings (SSSR count). The van der Waals surface area contributed by atoms with E-state index in [0.29, 0.717) is 17.5 Å². The van der Waals surface area contributed by atoms with E-state index in [1.165, 1.54) is 16.7 Å². The van der Waals surface area contributed by atoms with Crippen LogP contribution in [0.15, 0.2) is 0 Å². The van der Waals surface area contributed by atoms with Crippen LogP contribution in [0.2, 0.25) is 0 Å². The van der Waals surface area contributed by atoms with E-state index in [9.17, 15) is 9.59 Å². The molecule has 0 heterocycles. The number of carbonyl (C=O) groups excluding carboxylic acids is 1. The fraction of sp³-hybridized carbons (Fsp3) is 0.778. The first-order valence-electron chi connectivity index (χ1n) is 4.58. The van der Waals surface area contributed by atoms with Crippen molar-refractivity contribution in [1.82, 2.24) is 4.90 Å². The van der Waals surface area contributed by atoms with Gasteiger partial charge >= 0.3 is 5.97 Å². The van der Waals surface area contributed by atoms with E-state index in [1.54, 1.807) is 6.92 Å². The lowest BCUT2D eigenvalue weighted by atomic mass is 10.4. The number of carboxylic acid groups (broad SMARTS) is 1. The highest BCUT2D eigenvalue weighted by molar-refractivity contribution is 8.00. The Hall–Kier alpha value is -0.710. The van der Waals surface area contributed by atoms with Crippen LogP contribution in [0.3, 0.4) is 0 Å². The number of hydrogen-bond donors (Lipinski definition) is 1. The zero-order valence-electron chi connectivity index (χ0n) is 8.82. The lowest BCUT2D eigenvalue weighted by molar-refractivity contribution is -0.143. The first kappa shape index (κ1) is 13.3. The molecular formula is C9H17NO3S. The lowest BCUT2D eigenvalue weighted by Gasteiger charge is -2.18. The van der Waals surface area contributed by atoms with Gasteiger partial charge in [0, 0.05) is 6.54 Å². The third-order valence-electron chi connectivity index (χ3n) is 1.60. The van der Waals surface area contributed by atoms with Gasteiger partial charge in [-0.1, -0.05) is 13.8 Å². The van der Waals surface area contributed by atoms with Gasteiger partial charge in [0.25, 0.3) is 0 Å². The summed E-state index contributed by atoms with van der Waals surface area (Å²) in [7, 11) is 0. The number of carboxylic acids is 1. The van der Waals surface area contributed by atoms with Gasteiger partial charge in [-0.15, -0.1) is 11.8 Å². The monoisotopic (exact) mass is 219 g/mol. The van der Waals surface area contributed by atoms with E-state index in [-0.39, 0.29) is 12.5 Å². The number of hydrogen-bond acceptors (Lipinski definition) is 3. The number of thioether (sulfide) groups is 1. The van der Waals surface area contributed by atoms with Crippen molar-refractivity contribution in [3.05, 3.63) is 0 Å². The summed E-state index contributed by atoms with van der Waals surface area (Å²) >= 11 is 1.53. The average molecular weight is 219 g/mol. The number of likely N-dealkylation sites (N-methyl/N-ethyl adjacent to an activating group) is 1. The van der Waals surface area contributed by atoms with E-state index in [1.807, 2.05) is 13.8 Å². The topological polar surface area (TPSA) is 57.6 Å². The quantitative estimate of drug-likeness (QED) is 0.725. The molecule has 5 heteroatoms. The predicted octanol–water partition coefficient (Wildman–Crippen LogP) is 1.06. The van der Waals surface area contributed by atoms with Gasteiger partial charge in [-0.05, 0) is 12.2 Å². The summed E-state index contributed by atoms with van der Waals surface area (Å²) in [5.74, 6) is -0.706. The zero-order chi connectivity index (χ0) is 11.1. The molecule has 0 radical (unpaired) electrons. The first-order valence-corrected chi connectivity index (χ1v) is 5.63. The van der Waals surface area contributed by atoms with Crippen molar-refractivity contribution in [1.29, 1.82) is 0 Å². The van der Waals surface area contributed by atoms with Gasteiger partial charge < -0.3 is 10.0 Å². The van der Waals surface area contributed by atoms with E-state index in [2.05, 4.69) is 0 Å². The smallest absolute Gasteiger partial charge is 0.323 e. The Morgan fingerprint density at radius 3 is 2.36 bits per heavy atom. The molecule has 0 spiro atoms. The van der Waals surface area contributed by atoms with Gasteiger partial charge in [-0.3, -0.25) is 9.59 Å². The molecule has 1 amide bonds. The summed E-state index contributed by atoms with van der Waals surface area (Å²) < 4.78 is 0. The van der Waals surface area contributed by atoms with Crippen LogP contribution in [0.5, 0.6) is 0 Å². The highest BCUT2D eigenvalue weighted by Crippen LogP contribution is 2.09. The van der Waals surface area contributed by atoms with Gasteiger partial charge in [-0.25, -0.2) is 0 Å². The summed E-state index contributed by atoms with van der Waals surface area (Å²) in [5.41, 5.74) is 0. The zero-order valence-corrected chi connectivity index (χ0v) is 9.63. The molecule has 0 saturated carbocycles. The summed E-state index contributed by atoms with van der Waals surface area (Å²) in [4.78, 5) is 23.2. The van der Waals surface area contributed by atoms with Gasteiger partial charge in [0.05, 0.1) is 5.75 Å². The lowest BCUT2D eigenvalue weighted by Crippen LogP contribution is -2.36. The van der Waals surface area contributed by atoms with Gasteiger partial charge in [0.2, 0.25) is 5.91 Å². The van der Waals surface area contributed by atoms with Crippen molar-refractivity contribution in [3.8, 4) is 0 Å². The number of aliphatic carboxylic acids is 1. The van der Waals surface area contributed by atoms with Crippen molar-refractivity contribution in [2.24, 2.45) is 0 Å². The third kappa shape index (κ3) is 5.85. The van der Waals surface area contributed by atoms with E-state index >= 15 is 0 Å². The predicted molar refractivity (Wildman–Crippen MR) is 57.5 cm³/mol. The molecular weight excluding hydrogens is 202 g/mol. The molecule has 14 heavy (non-hydrogen) atoms. The number of rotatable bonds is 6. The summed E-state index contributed by atoms with van der Waals surface area (Å²) in [6.07, 6.45) is 0. The molecule has 0 aliphatic carbocycles. The second-order valence-corrected chi connectivity index (χ2v) is 4.73. The largest absolute Gasteiger partial charge is 0.480 e. The second-order valence-electron chi connectivity index (χ2n) is 3.16. The van der Waals surface area contributed by atoms with Crippen LogP contribution in [0.25, 0.3) is 0 Å². The van der Waals surface area contributed by atoms with Crippen LogP contribution >= 0.6 is 11.8 Å². The molecule has 0 unspecified atom stereocenters. The van der Waals surface area contributed by atoms with Crippen molar-refractivity contribution in [2.45, 2.75) is 26.0 Å². The van der Waals surface area contributed by atoms with Crippen LogP contribution < -0.4 is 0 Å². The Morgan fingerprint density at radius 1 is 1.43 bits per heavy atom. The Bertz CT molecular complexity index is 206. The standard InChI is InChI=1S/C9H17NO3S/c1-4-10(5-9(12)13)8(11)6-14-7(2)3/h7H,4-6H2,1-3H3,(H,12,13). The molecule has 0 aromatic heterocycles. The molecule has 4 nitrogen and oxygen atoms in total. The summed E-state index contributed by atoms with van der Waals surface area (Å²) in [6.45, 7) is 6.04. The van der Waals surface area contributed by atoms with Crippen LogP contribution in [0.4, 0.5) is 0 Å². The van der Waals surface area contributed by atoms with Crippen LogP contribution in [-0.2, 0) is 9.59 Å². The Kier molecular flexibility index (Phi) is 6.36. The molecule has 0 atom stereocenters. The minimum absolute atomic E-state index is 0.103. The number of amides is 1. The highest BCUT2D eigenvalue weighted by Gasteiger charge is 2.14. The fourth-order valence-electron chi connectivity index (χ4n) is 0.869. The van der Waals surface area contributed by atoms with Crippen LogP contribution in [0, 0.1) is 0 Å². The SMILES string of the molecule is CCN(CC(=O)O)C(=O)CSC(C)C. The maximum absolute atomic E-state index is 11.5. The van der Waals surface area contributed by atoms with Crippen LogP contribution in [0.1, 0.15) is 20.8 Å². The van der Waals surface area contributed by atoms with Crippen molar-refractivity contribution in [3.63, 3.8) is 0 Å². The second kappa shape index (κ2) is 6.70. The maximum Gasteiger partial charge on any atom is 0.323 e. The summed E-state index contributed by atoms with van der Waals surface area (Å²) in [5, 5.41) is 8.93.